The van der Waals surface area contributed by atoms with E-state index in [0.717, 1.165) is 31.2 Å². The van der Waals surface area contributed by atoms with E-state index in [1.165, 1.54) is 12.1 Å². The molecule has 0 aliphatic carbocycles. The first-order chi connectivity index (χ1) is 9.68. The largest absolute Gasteiger partial charge is 0.463 e. The fraction of sp³-hybridized carbons (Fsp3) is 0.500. The Hall–Kier alpha value is -1.66. The molecule has 1 N–H and O–H groups in total. The zero-order valence-electron chi connectivity index (χ0n) is 11.4. The van der Waals surface area contributed by atoms with E-state index in [1.807, 2.05) is 0 Å². The zero-order valence-corrected chi connectivity index (χ0v) is 11.4. The molecule has 0 aliphatic rings. The van der Waals surface area contributed by atoms with E-state index in [9.17, 15) is 26.7 Å². The van der Waals surface area contributed by atoms with Gasteiger partial charge in [-0.25, -0.2) is 0 Å². The molecule has 0 unspecified atom stereocenters. The number of halogens is 5. The number of rotatable bonds is 6. The van der Waals surface area contributed by atoms with Gasteiger partial charge in [0.1, 0.15) is 0 Å². The summed E-state index contributed by atoms with van der Waals surface area (Å²) in [4.78, 5) is 11.0. The fourth-order valence-electron chi connectivity index (χ4n) is 1.67. The van der Waals surface area contributed by atoms with Gasteiger partial charge in [0.05, 0.1) is 0 Å². The first kappa shape index (κ1) is 17.4. The summed E-state index contributed by atoms with van der Waals surface area (Å²) in [5, 5.41) is 1.57. The maximum absolute atomic E-state index is 12.8. The third-order valence-corrected chi connectivity index (χ3v) is 2.92. The number of carbonyl (C=O) groups is 1. The second-order valence-electron chi connectivity index (χ2n) is 4.68. The summed E-state index contributed by atoms with van der Waals surface area (Å²) < 4.78 is 61.6. The van der Waals surface area contributed by atoms with Gasteiger partial charge < -0.3 is 5.32 Å². The van der Waals surface area contributed by atoms with Crippen LogP contribution in [0.25, 0.3) is 0 Å². The summed E-state index contributed by atoms with van der Waals surface area (Å²) in [7, 11) is 0. The number of aryl methyl sites for hydroxylation is 1. The van der Waals surface area contributed by atoms with Gasteiger partial charge in [0, 0.05) is 5.69 Å². The van der Waals surface area contributed by atoms with Gasteiger partial charge in [-0.2, -0.15) is 22.0 Å². The van der Waals surface area contributed by atoms with Crippen molar-refractivity contribution >= 4 is 11.6 Å². The summed E-state index contributed by atoms with van der Waals surface area (Å²) in [6.45, 7) is 2.06. The number of anilines is 1. The lowest BCUT2D eigenvalue weighted by atomic mass is 10.1. The van der Waals surface area contributed by atoms with Crippen molar-refractivity contribution in [3.05, 3.63) is 29.8 Å². The Morgan fingerprint density at radius 1 is 1.05 bits per heavy atom. The quantitative estimate of drug-likeness (QED) is 0.606. The second kappa shape index (κ2) is 6.87. The highest BCUT2D eigenvalue weighted by atomic mass is 19.4. The first-order valence-corrected chi connectivity index (χ1v) is 6.53. The highest BCUT2D eigenvalue weighted by Crippen LogP contribution is 2.36. The van der Waals surface area contributed by atoms with E-state index < -0.39 is 18.0 Å². The van der Waals surface area contributed by atoms with Crippen LogP contribution in [0.15, 0.2) is 24.3 Å². The number of amides is 1. The Morgan fingerprint density at radius 3 is 2.10 bits per heavy atom. The summed E-state index contributed by atoms with van der Waals surface area (Å²) in [6.07, 6.45) is -2.04. The lowest BCUT2D eigenvalue weighted by Crippen LogP contribution is -2.47. The predicted molar refractivity (Wildman–Crippen MR) is 69.3 cm³/mol. The van der Waals surface area contributed by atoms with Gasteiger partial charge in [0.25, 0.3) is 0 Å². The topological polar surface area (TPSA) is 29.1 Å². The molecule has 0 heterocycles. The number of benzene rings is 1. The van der Waals surface area contributed by atoms with Gasteiger partial charge >= 0.3 is 18.0 Å². The molecule has 0 saturated carbocycles. The average Bonchev–Trinajstić information content (AvgIpc) is 2.39. The molecule has 0 bridgehead atoms. The van der Waals surface area contributed by atoms with Crippen LogP contribution in [0.4, 0.5) is 27.6 Å². The maximum Gasteiger partial charge on any atom is 0.463 e. The van der Waals surface area contributed by atoms with Crippen molar-refractivity contribution in [1.82, 2.24) is 0 Å². The molecule has 0 radical (unpaired) electrons. The number of hydrogen-bond donors (Lipinski definition) is 1. The minimum atomic E-state index is -5.91. The number of hydrogen-bond acceptors (Lipinski definition) is 1. The summed E-state index contributed by atoms with van der Waals surface area (Å²) in [5.74, 6) is -7.79. The maximum atomic E-state index is 12.8. The Kier molecular flexibility index (Phi) is 5.69. The molecule has 0 aromatic heterocycles. The molecule has 0 aliphatic heterocycles. The molecule has 0 saturated heterocycles. The van der Waals surface area contributed by atoms with Crippen LogP contribution in [-0.2, 0) is 11.2 Å². The van der Waals surface area contributed by atoms with E-state index in [2.05, 4.69) is 6.92 Å². The van der Waals surface area contributed by atoms with Crippen LogP contribution in [0, 0.1) is 0 Å². The van der Waals surface area contributed by atoms with Gasteiger partial charge in [0.2, 0.25) is 0 Å². The zero-order chi connectivity index (χ0) is 16.1. The van der Waals surface area contributed by atoms with Crippen molar-refractivity contribution in [2.75, 3.05) is 5.32 Å². The van der Waals surface area contributed by atoms with Gasteiger partial charge in [-0.15, -0.1) is 0 Å². The van der Waals surface area contributed by atoms with Crippen molar-refractivity contribution in [3.8, 4) is 0 Å². The van der Waals surface area contributed by atoms with Gasteiger partial charge in [-0.05, 0) is 30.5 Å². The van der Waals surface area contributed by atoms with Crippen LogP contribution >= 0.6 is 0 Å². The second-order valence-corrected chi connectivity index (χ2v) is 4.68. The molecule has 21 heavy (non-hydrogen) atoms. The average molecular weight is 309 g/mol. The Labute approximate surface area is 119 Å². The highest BCUT2D eigenvalue weighted by Gasteiger charge is 2.63. The van der Waals surface area contributed by atoms with Crippen LogP contribution in [0.1, 0.15) is 31.7 Å². The van der Waals surface area contributed by atoms with Gasteiger partial charge in [-0.3, -0.25) is 4.79 Å². The van der Waals surface area contributed by atoms with E-state index in [-0.39, 0.29) is 5.69 Å². The summed E-state index contributed by atoms with van der Waals surface area (Å²) in [6, 6.07) is 5.81. The molecule has 1 aromatic carbocycles. The van der Waals surface area contributed by atoms with Gasteiger partial charge in [-0.1, -0.05) is 31.9 Å². The number of nitrogens with one attached hydrogen (secondary N) is 1. The molecule has 1 rings (SSSR count). The number of unbranched alkanes of at least 4 members (excludes halogenated alkanes) is 2. The van der Waals surface area contributed by atoms with Crippen LogP contribution in [-0.4, -0.2) is 18.0 Å². The molecule has 118 valence electrons. The lowest BCUT2D eigenvalue weighted by Gasteiger charge is -2.18. The Balaban J connectivity index is 2.65. The predicted octanol–water partition coefficient (Wildman–Crippen LogP) is 4.56. The van der Waals surface area contributed by atoms with E-state index in [1.54, 1.807) is 17.4 Å². The van der Waals surface area contributed by atoms with Crippen LogP contribution in [0.2, 0.25) is 0 Å². The van der Waals surface area contributed by atoms with E-state index in [0.29, 0.717) is 0 Å². The minimum absolute atomic E-state index is 0.0943. The fourth-order valence-corrected chi connectivity index (χ4v) is 1.67. The first-order valence-electron chi connectivity index (χ1n) is 6.53. The Bertz CT molecular complexity index is 467. The van der Waals surface area contributed by atoms with Crippen molar-refractivity contribution in [1.29, 1.82) is 0 Å². The lowest BCUT2D eigenvalue weighted by molar-refractivity contribution is -0.267. The normalized spacial score (nSPS) is 12.3. The molecule has 2 nitrogen and oxygen atoms in total. The molecule has 0 spiro atoms. The molecule has 7 heteroatoms. The molecule has 1 amide bonds. The minimum Gasteiger partial charge on any atom is -0.321 e. The molecule has 1 aromatic rings. The molecule has 0 atom stereocenters. The smallest absolute Gasteiger partial charge is 0.321 e. The third-order valence-electron chi connectivity index (χ3n) is 2.92. The van der Waals surface area contributed by atoms with E-state index >= 15 is 0 Å². The van der Waals surface area contributed by atoms with Crippen LogP contribution < -0.4 is 5.32 Å². The van der Waals surface area contributed by atoms with Crippen molar-refractivity contribution < 1.29 is 26.7 Å². The van der Waals surface area contributed by atoms with Crippen molar-refractivity contribution in [2.45, 2.75) is 44.7 Å². The Morgan fingerprint density at radius 2 is 1.62 bits per heavy atom. The molecular weight excluding hydrogens is 293 g/mol. The molecule has 0 fully saturated rings. The van der Waals surface area contributed by atoms with Crippen molar-refractivity contribution in [2.24, 2.45) is 0 Å². The summed E-state index contributed by atoms with van der Waals surface area (Å²) in [5.41, 5.74) is 0.840. The van der Waals surface area contributed by atoms with Crippen LogP contribution in [0.5, 0.6) is 0 Å². The SMILES string of the molecule is CCCCCc1ccc(NC(=O)C(F)(F)C(F)(F)F)cc1. The van der Waals surface area contributed by atoms with Crippen molar-refractivity contribution in [3.63, 3.8) is 0 Å². The number of alkyl halides is 5. The summed E-state index contributed by atoms with van der Waals surface area (Å²) >= 11 is 0. The number of carbonyl (C=O) groups excluding carboxylic acids is 1. The van der Waals surface area contributed by atoms with Gasteiger partial charge in [0.15, 0.2) is 0 Å². The highest BCUT2D eigenvalue weighted by molar-refractivity contribution is 5.96. The van der Waals surface area contributed by atoms with Crippen LogP contribution in [0.3, 0.4) is 0 Å². The third kappa shape index (κ3) is 4.68. The standard InChI is InChI=1S/C14H16F5NO/c1-2-3-4-5-10-6-8-11(9-7-10)20-12(21)13(15,16)14(17,18)19/h6-9H,2-5H2,1H3,(H,20,21). The van der Waals surface area contributed by atoms with E-state index in [4.69, 9.17) is 0 Å². The monoisotopic (exact) mass is 309 g/mol. The molecular formula is C14H16F5NO.